The van der Waals surface area contributed by atoms with Crippen LogP contribution < -0.4 is 0 Å². The van der Waals surface area contributed by atoms with E-state index in [2.05, 4.69) is 6.92 Å². The van der Waals surface area contributed by atoms with Gasteiger partial charge in [0.15, 0.2) is 11.4 Å². The predicted octanol–water partition coefficient (Wildman–Crippen LogP) is 4.13. The van der Waals surface area contributed by atoms with Gasteiger partial charge in [-0.2, -0.15) is 0 Å². The molecular weight excluding hydrogens is 524 g/mol. The molecule has 0 aromatic carbocycles. The molecule has 2 fully saturated rings. The van der Waals surface area contributed by atoms with Gasteiger partial charge in [-0.05, 0) is 30.9 Å². The molecule has 41 heavy (non-hydrogen) atoms. The third-order valence-corrected chi connectivity index (χ3v) is 10.2. The van der Waals surface area contributed by atoms with Gasteiger partial charge in [-0.15, -0.1) is 0 Å². The SMILES string of the molecule is CCCCCCC=CC=CC(=O)OC1C(C)C2(O)C(C=C(CO)CC3(O)C(=O)C(C)=CC32)C2C(C)(C)C12OC(C)=O. The highest BCUT2D eigenvalue weighted by atomic mass is 16.6. The van der Waals surface area contributed by atoms with Crippen LogP contribution in [0.5, 0.6) is 0 Å². The Labute approximate surface area is 243 Å². The van der Waals surface area contributed by atoms with Crippen LogP contribution in [0.2, 0.25) is 0 Å². The van der Waals surface area contributed by atoms with E-state index in [0.29, 0.717) is 11.1 Å². The lowest BCUT2D eigenvalue weighted by Crippen LogP contribution is -2.66. The first-order chi connectivity index (χ1) is 19.2. The molecule has 0 saturated heterocycles. The molecule has 0 heterocycles. The molecule has 8 heteroatoms. The first-order valence-electron chi connectivity index (χ1n) is 14.9. The van der Waals surface area contributed by atoms with Crippen LogP contribution in [0, 0.1) is 29.1 Å². The number of esters is 2. The predicted molar refractivity (Wildman–Crippen MR) is 153 cm³/mol. The van der Waals surface area contributed by atoms with Gasteiger partial charge in [0.2, 0.25) is 0 Å². The average molecular weight is 571 g/mol. The second kappa shape index (κ2) is 11.3. The third-order valence-electron chi connectivity index (χ3n) is 10.2. The van der Waals surface area contributed by atoms with Crippen LogP contribution in [0.1, 0.15) is 80.1 Å². The van der Waals surface area contributed by atoms with E-state index in [-0.39, 0.29) is 6.42 Å². The molecule has 4 aliphatic carbocycles. The fourth-order valence-electron chi connectivity index (χ4n) is 8.22. The van der Waals surface area contributed by atoms with Crippen molar-refractivity contribution in [3.8, 4) is 0 Å². The lowest BCUT2D eigenvalue weighted by atomic mass is 9.59. The molecule has 0 aromatic rings. The Morgan fingerprint density at radius 3 is 2.46 bits per heavy atom. The smallest absolute Gasteiger partial charge is 0.331 e. The number of Topliss-reactive ketones (excluding diaryl/α,β-unsaturated/α-hetero) is 1. The summed E-state index contributed by atoms with van der Waals surface area (Å²) in [5.41, 5.74) is -4.89. The summed E-state index contributed by atoms with van der Waals surface area (Å²) in [6.07, 6.45) is 14.4. The van der Waals surface area contributed by atoms with Crippen LogP contribution in [-0.2, 0) is 23.9 Å². The molecule has 3 N–H and O–H groups in total. The highest BCUT2D eigenvalue weighted by molar-refractivity contribution is 6.04. The second-order valence-corrected chi connectivity index (χ2v) is 13.0. The maximum absolute atomic E-state index is 13.2. The van der Waals surface area contributed by atoms with Crippen LogP contribution in [0.3, 0.4) is 0 Å². The number of aliphatic hydroxyl groups excluding tert-OH is 1. The fraction of sp³-hybridized carbons (Fsp3) is 0.667. The zero-order chi connectivity index (χ0) is 30.4. The highest BCUT2D eigenvalue weighted by Crippen LogP contribution is 2.77. The number of fused-ring (bicyclic) bond motifs is 5. The largest absolute Gasteiger partial charge is 0.455 e. The van der Waals surface area contributed by atoms with Crippen molar-refractivity contribution >= 4 is 17.7 Å². The van der Waals surface area contributed by atoms with E-state index in [1.54, 1.807) is 38.2 Å². The molecule has 4 rings (SSSR count). The summed E-state index contributed by atoms with van der Waals surface area (Å²) in [5, 5.41) is 34.6. The molecule has 0 radical (unpaired) electrons. The minimum absolute atomic E-state index is 0.127. The van der Waals surface area contributed by atoms with Crippen LogP contribution >= 0.6 is 0 Å². The molecule has 0 amide bonds. The summed E-state index contributed by atoms with van der Waals surface area (Å²) < 4.78 is 12.1. The van der Waals surface area contributed by atoms with Gasteiger partial charge in [0, 0.05) is 48.5 Å². The molecule has 8 atom stereocenters. The molecule has 226 valence electrons. The van der Waals surface area contributed by atoms with Crippen molar-refractivity contribution in [3.63, 3.8) is 0 Å². The first-order valence-corrected chi connectivity index (χ1v) is 14.9. The standard InChI is InChI=1S/C33H46O8/c1-7-8-9-10-11-12-13-14-15-26(36)40-29-21(3)32(39)24(27-30(5,6)33(27,29)41-22(4)35)17-23(19-34)18-31(38)25(32)16-20(2)28(31)37/h12-17,21,24-25,27,29,34,38-39H,7-11,18-19H2,1-6H3. The van der Waals surface area contributed by atoms with Crippen molar-refractivity contribution in [1.82, 2.24) is 0 Å². The molecule has 0 bridgehead atoms. The van der Waals surface area contributed by atoms with Gasteiger partial charge >= 0.3 is 11.9 Å². The van der Waals surface area contributed by atoms with Gasteiger partial charge in [-0.3, -0.25) is 9.59 Å². The molecule has 8 unspecified atom stereocenters. The van der Waals surface area contributed by atoms with Crippen LogP contribution in [0.25, 0.3) is 0 Å². The van der Waals surface area contributed by atoms with Gasteiger partial charge in [0.05, 0.1) is 12.2 Å². The number of carbonyl (C=O) groups excluding carboxylic acids is 3. The Morgan fingerprint density at radius 2 is 1.83 bits per heavy atom. The molecule has 8 nitrogen and oxygen atoms in total. The van der Waals surface area contributed by atoms with Gasteiger partial charge in [0.1, 0.15) is 11.7 Å². The van der Waals surface area contributed by atoms with Crippen LogP contribution in [0.15, 0.2) is 47.6 Å². The van der Waals surface area contributed by atoms with Crippen molar-refractivity contribution in [3.05, 3.63) is 47.6 Å². The van der Waals surface area contributed by atoms with Crippen LogP contribution in [0.4, 0.5) is 0 Å². The Bertz CT molecular complexity index is 1190. The lowest BCUT2D eigenvalue weighted by molar-refractivity contribution is -0.226. The zero-order valence-corrected chi connectivity index (χ0v) is 25.2. The van der Waals surface area contributed by atoms with E-state index in [1.807, 2.05) is 19.9 Å². The van der Waals surface area contributed by atoms with Crippen LogP contribution in [-0.4, -0.2) is 62.6 Å². The Hall–Kier alpha value is -2.55. The van der Waals surface area contributed by atoms with Crippen molar-refractivity contribution in [2.75, 3.05) is 6.61 Å². The number of ether oxygens (including phenoxy) is 2. The van der Waals surface area contributed by atoms with Crippen molar-refractivity contribution < 1.29 is 39.2 Å². The molecule has 0 spiro atoms. The minimum Gasteiger partial charge on any atom is -0.455 e. The van der Waals surface area contributed by atoms with E-state index < -0.39 is 76.3 Å². The zero-order valence-electron chi connectivity index (χ0n) is 25.2. The van der Waals surface area contributed by atoms with Gasteiger partial charge in [0.25, 0.3) is 0 Å². The number of carbonyl (C=O) groups is 3. The van der Waals surface area contributed by atoms with Crippen molar-refractivity contribution in [2.24, 2.45) is 29.1 Å². The van der Waals surface area contributed by atoms with Gasteiger partial charge < -0.3 is 24.8 Å². The maximum atomic E-state index is 13.2. The summed E-state index contributed by atoms with van der Waals surface area (Å²) >= 11 is 0. The summed E-state index contributed by atoms with van der Waals surface area (Å²) in [5.74, 6) is -4.73. The van der Waals surface area contributed by atoms with Crippen molar-refractivity contribution in [2.45, 2.75) is 103 Å². The summed E-state index contributed by atoms with van der Waals surface area (Å²) in [7, 11) is 0. The quantitative estimate of drug-likeness (QED) is 0.118. The topological polar surface area (TPSA) is 130 Å². The Kier molecular flexibility index (Phi) is 8.63. The van der Waals surface area contributed by atoms with E-state index >= 15 is 0 Å². The van der Waals surface area contributed by atoms with E-state index in [9.17, 15) is 29.7 Å². The van der Waals surface area contributed by atoms with E-state index in [4.69, 9.17) is 9.47 Å². The summed E-state index contributed by atoms with van der Waals surface area (Å²) in [4.78, 5) is 38.8. The Morgan fingerprint density at radius 1 is 1.12 bits per heavy atom. The van der Waals surface area contributed by atoms with E-state index in [0.717, 1.165) is 19.3 Å². The average Bonchev–Trinajstić information content (AvgIpc) is 3.33. The molecule has 0 aromatic heterocycles. The lowest BCUT2D eigenvalue weighted by Gasteiger charge is -2.53. The fourth-order valence-corrected chi connectivity index (χ4v) is 8.22. The van der Waals surface area contributed by atoms with E-state index in [1.165, 1.54) is 25.8 Å². The molecule has 4 aliphatic rings. The first kappa shape index (κ1) is 31.4. The maximum Gasteiger partial charge on any atom is 0.331 e. The number of ketones is 1. The van der Waals surface area contributed by atoms with Gasteiger partial charge in [-0.1, -0.05) is 77.3 Å². The number of hydrogen-bond acceptors (Lipinski definition) is 8. The minimum atomic E-state index is -1.95. The normalized spacial score (nSPS) is 39.0. The number of aliphatic hydroxyl groups is 3. The molecular formula is C33H46O8. The summed E-state index contributed by atoms with van der Waals surface area (Å²) in [6, 6.07) is 0. The Balaban J connectivity index is 1.71. The van der Waals surface area contributed by atoms with Crippen molar-refractivity contribution in [1.29, 1.82) is 0 Å². The molecule has 0 aliphatic heterocycles. The number of rotatable bonds is 10. The number of hydrogen-bond donors (Lipinski definition) is 3. The number of allylic oxidation sites excluding steroid dienone is 3. The van der Waals surface area contributed by atoms with Gasteiger partial charge in [-0.25, -0.2) is 4.79 Å². The molecule has 2 saturated carbocycles. The monoisotopic (exact) mass is 570 g/mol. The second-order valence-electron chi connectivity index (χ2n) is 13.0. The number of unbranched alkanes of at least 4 members (excludes halogenated alkanes) is 4. The third kappa shape index (κ3) is 4.86. The summed E-state index contributed by atoms with van der Waals surface area (Å²) in [6.45, 7) is 10.2. The highest BCUT2D eigenvalue weighted by Gasteiger charge is 2.87.